The second kappa shape index (κ2) is 5.82. The fraction of sp³-hybridized carbons (Fsp3) is 1.00. The molecule has 1 heterocycles. The highest BCUT2D eigenvalue weighted by Crippen LogP contribution is 2.17. The topological polar surface area (TPSA) is 69.4 Å². The summed E-state index contributed by atoms with van der Waals surface area (Å²) in [5, 5.41) is -0.415. The average molecular weight is 235 g/mol. The molecule has 0 radical (unpaired) electrons. The minimum Gasteiger partial charge on any atom is -0.378 e. The van der Waals surface area contributed by atoms with E-state index in [1.165, 1.54) is 0 Å². The first kappa shape index (κ1) is 12.9. The lowest BCUT2D eigenvalue weighted by Gasteiger charge is -2.12. The lowest BCUT2D eigenvalue weighted by Crippen LogP contribution is -2.29. The van der Waals surface area contributed by atoms with E-state index in [-0.39, 0.29) is 18.4 Å². The van der Waals surface area contributed by atoms with Crippen molar-refractivity contribution in [3.8, 4) is 0 Å². The standard InChI is InChI=1S/C10H21NO3S/c1-9(8-11)15(12,13)7-3-5-10-4-2-6-14-10/h9-10H,2-8,11H2,1H3. The SMILES string of the molecule is CC(CN)S(=O)(=O)CCCC1CCCO1. The van der Waals surface area contributed by atoms with Gasteiger partial charge >= 0.3 is 0 Å². The molecular weight excluding hydrogens is 214 g/mol. The van der Waals surface area contributed by atoms with E-state index in [9.17, 15) is 8.42 Å². The van der Waals surface area contributed by atoms with Crippen molar-refractivity contribution < 1.29 is 13.2 Å². The van der Waals surface area contributed by atoms with Crippen molar-refractivity contribution >= 4 is 9.84 Å². The van der Waals surface area contributed by atoms with Crippen molar-refractivity contribution in [3.05, 3.63) is 0 Å². The summed E-state index contributed by atoms with van der Waals surface area (Å²) in [5.74, 6) is 0.241. The largest absolute Gasteiger partial charge is 0.378 e. The Morgan fingerprint density at radius 1 is 1.53 bits per heavy atom. The fourth-order valence-electron chi connectivity index (χ4n) is 1.73. The van der Waals surface area contributed by atoms with Gasteiger partial charge in [0.2, 0.25) is 0 Å². The summed E-state index contributed by atoms with van der Waals surface area (Å²) in [6.45, 7) is 2.71. The van der Waals surface area contributed by atoms with Gasteiger partial charge in [0.15, 0.2) is 9.84 Å². The molecule has 2 unspecified atom stereocenters. The number of sulfone groups is 1. The molecule has 0 spiro atoms. The highest BCUT2D eigenvalue weighted by molar-refractivity contribution is 7.92. The quantitative estimate of drug-likeness (QED) is 0.736. The molecule has 0 aliphatic carbocycles. The third-order valence-corrected chi connectivity index (χ3v) is 5.20. The Labute approximate surface area is 92.1 Å². The average Bonchev–Trinajstić information content (AvgIpc) is 2.69. The fourth-order valence-corrected chi connectivity index (χ4v) is 3.00. The van der Waals surface area contributed by atoms with Crippen LogP contribution in [0.4, 0.5) is 0 Å². The van der Waals surface area contributed by atoms with Crippen LogP contribution in [0.1, 0.15) is 32.6 Å². The molecule has 0 bridgehead atoms. The molecule has 4 nitrogen and oxygen atoms in total. The summed E-state index contributed by atoms with van der Waals surface area (Å²) in [7, 11) is -2.98. The molecule has 0 aromatic heterocycles. The van der Waals surface area contributed by atoms with Gasteiger partial charge in [0.05, 0.1) is 17.1 Å². The van der Waals surface area contributed by atoms with E-state index in [0.29, 0.717) is 6.42 Å². The number of hydrogen-bond donors (Lipinski definition) is 1. The van der Waals surface area contributed by atoms with Crippen LogP contribution in [0, 0.1) is 0 Å². The van der Waals surface area contributed by atoms with E-state index in [0.717, 1.165) is 25.9 Å². The van der Waals surface area contributed by atoms with E-state index in [1.54, 1.807) is 6.92 Å². The van der Waals surface area contributed by atoms with Gasteiger partial charge < -0.3 is 10.5 Å². The minimum absolute atomic E-state index is 0.211. The predicted molar refractivity (Wildman–Crippen MR) is 60.5 cm³/mol. The Balaban J connectivity index is 2.23. The van der Waals surface area contributed by atoms with Gasteiger partial charge in [-0.05, 0) is 32.6 Å². The Bertz CT molecular complexity index is 270. The maximum absolute atomic E-state index is 11.6. The molecule has 1 fully saturated rings. The molecule has 2 N–H and O–H groups in total. The van der Waals surface area contributed by atoms with Crippen LogP contribution in [0.3, 0.4) is 0 Å². The molecule has 1 aliphatic heterocycles. The first-order valence-electron chi connectivity index (χ1n) is 5.59. The zero-order valence-electron chi connectivity index (χ0n) is 9.31. The molecule has 0 saturated carbocycles. The van der Waals surface area contributed by atoms with E-state index < -0.39 is 15.1 Å². The zero-order chi connectivity index (χ0) is 11.3. The molecule has 1 rings (SSSR count). The molecule has 0 amide bonds. The molecule has 5 heteroatoms. The van der Waals surface area contributed by atoms with E-state index in [2.05, 4.69) is 0 Å². The molecule has 15 heavy (non-hydrogen) atoms. The summed E-state index contributed by atoms with van der Waals surface area (Å²) in [6, 6.07) is 0. The van der Waals surface area contributed by atoms with Gasteiger partial charge in [-0.2, -0.15) is 0 Å². The van der Waals surface area contributed by atoms with Crippen molar-refractivity contribution in [2.24, 2.45) is 5.73 Å². The van der Waals surface area contributed by atoms with Gasteiger partial charge in [0, 0.05) is 13.2 Å². The van der Waals surface area contributed by atoms with Gasteiger partial charge in [-0.3, -0.25) is 0 Å². The van der Waals surface area contributed by atoms with Crippen LogP contribution in [-0.2, 0) is 14.6 Å². The van der Waals surface area contributed by atoms with Crippen LogP contribution >= 0.6 is 0 Å². The maximum atomic E-state index is 11.6. The Morgan fingerprint density at radius 3 is 2.80 bits per heavy atom. The van der Waals surface area contributed by atoms with Crippen LogP contribution in [0.2, 0.25) is 0 Å². The summed E-state index contributed by atoms with van der Waals surface area (Å²) < 4.78 is 28.7. The lowest BCUT2D eigenvalue weighted by atomic mass is 10.1. The Morgan fingerprint density at radius 2 is 2.27 bits per heavy atom. The summed E-state index contributed by atoms with van der Waals surface area (Å²) >= 11 is 0. The summed E-state index contributed by atoms with van der Waals surface area (Å²) in [6.07, 6.45) is 4.02. The van der Waals surface area contributed by atoms with Gasteiger partial charge in [0.1, 0.15) is 0 Å². The van der Waals surface area contributed by atoms with Gasteiger partial charge in [-0.1, -0.05) is 0 Å². The number of hydrogen-bond acceptors (Lipinski definition) is 4. The summed E-state index contributed by atoms with van der Waals surface area (Å²) in [5.41, 5.74) is 5.35. The molecule has 2 atom stereocenters. The normalized spacial score (nSPS) is 24.3. The Hall–Kier alpha value is -0.130. The number of nitrogens with two attached hydrogens (primary N) is 1. The third-order valence-electron chi connectivity index (χ3n) is 2.92. The second-order valence-corrected chi connectivity index (χ2v) is 6.73. The lowest BCUT2D eigenvalue weighted by molar-refractivity contribution is 0.104. The smallest absolute Gasteiger partial charge is 0.154 e. The van der Waals surface area contributed by atoms with E-state index >= 15 is 0 Å². The molecule has 1 aliphatic rings. The van der Waals surface area contributed by atoms with Crippen LogP contribution in [0.25, 0.3) is 0 Å². The van der Waals surface area contributed by atoms with Crippen LogP contribution in [-0.4, -0.2) is 38.7 Å². The van der Waals surface area contributed by atoms with Gasteiger partial charge in [-0.25, -0.2) is 8.42 Å². The van der Waals surface area contributed by atoms with Crippen LogP contribution in [0.5, 0.6) is 0 Å². The van der Waals surface area contributed by atoms with Crippen LogP contribution in [0.15, 0.2) is 0 Å². The number of ether oxygens (including phenoxy) is 1. The molecular formula is C10H21NO3S. The number of rotatable bonds is 6. The predicted octanol–water partition coefficient (Wildman–Crippen LogP) is 0.708. The minimum atomic E-state index is -2.98. The highest BCUT2D eigenvalue weighted by Gasteiger charge is 2.21. The zero-order valence-corrected chi connectivity index (χ0v) is 10.1. The molecule has 1 saturated heterocycles. The molecule has 0 aromatic rings. The highest BCUT2D eigenvalue weighted by atomic mass is 32.2. The van der Waals surface area contributed by atoms with Crippen molar-refractivity contribution in [3.63, 3.8) is 0 Å². The Kier molecular flexibility index (Phi) is 5.02. The maximum Gasteiger partial charge on any atom is 0.154 e. The summed E-state index contributed by atoms with van der Waals surface area (Å²) in [4.78, 5) is 0. The second-order valence-electron chi connectivity index (χ2n) is 4.19. The van der Waals surface area contributed by atoms with Crippen molar-refractivity contribution in [1.82, 2.24) is 0 Å². The van der Waals surface area contributed by atoms with Gasteiger partial charge in [0.25, 0.3) is 0 Å². The van der Waals surface area contributed by atoms with E-state index in [4.69, 9.17) is 10.5 Å². The van der Waals surface area contributed by atoms with Crippen LogP contribution < -0.4 is 5.73 Å². The van der Waals surface area contributed by atoms with Crippen molar-refractivity contribution in [1.29, 1.82) is 0 Å². The molecule has 90 valence electrons. The first-order chi connectivity index (χ1) is 7.06. The third kappa shape index (κ3) is 4.09. The van der Waals surface area contributed by atoms with E-state index in [1.807, 2.05) is 0 Å². The molecule has 0 aromatic carbocycles. The van der Waals surface area contributed by atoms with Crippen molar-refractivity contribution in [2.45, 2.75) is 44.0 Å². The van der Waals surface area contributed by atoms with Crippen molar-refractivity contribution in [2.75, 3.05) is 18.9 Å². The first-order valence-corrected chi connectivity index (χ1v) is 7.31. The van der Waals surface area contributed by atoms with Gasteiger partial charge in [-0.15, -0.1) is 0 Å². The monoisotopic (exact) mass is 235 g/mol.